The van der Waals surface area contributed by atoms with Crippen LogP contribution in [0.1, 0.15) is 26.2 Å². The number of benzene rings is 1. The van der Waals surface area contributed by atoms with Gasteiger partial charge in [-0.1, -0.05) is 31.5 Å². The van der Waals surface area contributed by atoms with Crippen molar-refractivity contribution in [2.45, 2.75) is 32.3 Å². The first-order valence-corrected chi connectivity index (χ1v) is 7.37. The first-order chi connectivity index (χ1) is 9.31. The molecule has 1 aliphatic heterocycles. The van der Waals surface area contributed by atoms with Crippen LogP contribution >= 0.6 is 0 Å². The van der Waals surface area contributed by atoms with Gasteiger partial charge in [-0.3, -0.25) is 0 Å². The van der Waals surface area contributed by atoms with Gasteiger partial charge in [0.25, 0.3) is 0 Å². The summed E-state index contributed by atoms with van der Waals surface area (Å²) in [7, 11) is 0. The smallest absolute Gasteiger partial charge is 0.0629 e. The summed E-state index contributed by atoms with van der Waals surface area (Å²) in [6, 6.07) is 10.5. The molecule has 0 spiro atoms. The molecular weight excluding hydrogens is 238 g/mol. The number of para-hydroxylation sites is 1. The summed E-state index contributed by atoms with van der Waals surface area (Å²) in [4.78, 5) is 2.38. The van der Waals surface area contributed by atoms with Gasteiger partial charge in [0.05, 0.1) is 12.7 Å². The molecule has 0 aliphatic carbocycles. The molecule has 1 fully saturated rings. The van der Waals surface area contributed by atoms with Crippen LogP contribution in [0.3, 0.4) is 0 Å². The number of aliphatic hydroxyl groups is 1. The van der Waals surface area contributed by atoms with Crippen LogP contribution < -0.4 is 4.90 Å². The van der Waals surface area contributed by atoms with E-state index >= 15 is 0 Å². The highest BCUT2D eigenvalue weighted by Crippen LogP contribution is 2.21. The van der Waals surface area contributed by atoms with Crippen LogP contribution in [0.15, 0.2) is 30.3 Å². The van der Waals surface area contributed by atoms with Gasteiger partial charge in [-0.05, 0) is 25.0 Å². The zero-order valence-corrected chi connectivity index (χ0v) is 11.8. The van der Waals surface area contributed by atoms with Crippen LogP contribution in [0.25, 0.3) is 0 Å². The topological polar surface area (TPSA) is 32.7 Å². The van der Waals surface area contributed by atoms with E-state index < -0.39 is 0 Å². The number of nitrogens with zero attached hydrogens (tertiary/aromatic N) is 1. The van der Waals surface area contributed by atoms with Crippen molar-refractivity contribution in [3.05, 3.63) is 30.3 Å². The monoisotopic (exact) mass is 263 g/mol. The van der Waals surface area contributed by atoms with E-state index in [4.69, 9.17) is 4.74 Å². The van der Waals surface area contributed by atoms with Crippen LogP contribution in [0, 0.1) is 5.92 Å². The van der Waals surface area contributed by atoms with Crippen LogP contribution in [-0.4, -0.2) is 37.5 Å². The maximum atomic E-state index is 10.1. The maximum Gasteiger partial charge on any atom is 0.0629 e. The summed E-state index contributed by atoms with van der Waals surface area (Å²) in [5, 5.41) is 10.1. The summed E-state index contributed by atoms with van der Waals surface area (Å²) >= 11 is 0. The summed E-state index contributed by atoms with van der Waals surface area (Å²) in [6.07, 6.45) is 2.91. The normalized spacial score (nSPS) is 23.3. The van der Waals surface area contributed by atoms with Gasteiger partial charge in [0.1, 0.15) is 0 Å². The average molecular weight is 263 g/mol. The van der Waals surface area contributed by atoms with Crippen molar-refractivity contribution in [1.29, 1.82) is 0 Å². The lowest BCUT2D eigenvalue weighted by Crippen LogP contribution is -2.41. The lowest BCUT2D eigenvalue weighted by molar-refractivity contribution is -0.0323. The molecule has 0 radical (unpaired) electrons. The van der Waals surface area contributed by atoms with Crippen LogP contribution in [0.4, 0.5) is 5.69 Å². The van der Waals surface area contributed by atoms with Crippen molar-refractivity contribution in [1.82, 2.24) is 0 Å². The molecule has 0 bridgehead atoms. The van der Waals surface area contributed by atoms with Crippen molar-refractivity contribution < 1.29 is 9.84 Å². The van der Waals surface area contributed by atoms with Gasteiger partial charge in [0.15, 0.2) is 0 Å². The quantitative estimate of drug-likeness (QED) is 0.856. The van der Waals surface area contributed by atoms with Crippen LogP contribution in [0.2, 0.25) is 0 Å². The van der Waals surface area contributed by atoms with Crippen molar-refractivity contribution in [3.8, 4) is 0 Å². The van der Waals surface area contributed by atoms with Crippen molar-refractivity contribution in [2.75, 3.05) is 31.2 Å². The number of aliphatic hydroxyl groups excluding tert-OH is 1. The van der Waals surface area contributed by atoms with Gasteiger partial charge in [0, 0.05) is 31.3 Å². The molecule has 1 aliphatic rings. The summed E-state index contributed by atoms with van der Waals surface area (Å²) in [6.45, 7) is 5.51. The molecule has 106 valence electrons. The zero-order valence-electron chi connectivity index (χ0n) is 11.8. The third-order valence-corrected chi connectivity index (χ3v) is 3.79. The zero-order chi connectivity index (χ0) is 13.5. The first-order valence-electron chi connectivity index (χ1n) is 7.37. The average Bonchev–Trinajstić information content (AvgIpc) is 2.46. The fourth-order valence-corrected chi connectivity index (χ4v) is 2.56. The van der Waals surface area contributed by atoms with Gasteiger partial charge in [0.2, 0.25) is 0 Å². The van der Waals surface area contributed by atoms with Crippen molar-refractivity contribution >= 4 is 5.69 Å². The molecule has 2 rings (SSSR count). The summed E-state index contributed by atoms with van der Waals surface area (Å²) in [5.74, 6) is 0.228. The van der Waals surface area contributed by atoms with E-state index in [1.807, 2.05) is 6.07 Å². The van der Waals surface area contributed by atoms with Crippen molar-refractivity contribution in [3.63, 3.8) is 0 Å². The minimum absolute atomic E-state index is 0.221. The number of anilines is 1. The van der Waals surface area contributed by atoms with E-state index in [2.05, 4.69) is 36.1 Å². The van der Waals surface area contributed by atoms with Gasteiger partial charge in [-0.2, -0.15) is 0 Å². The minimum Gasteiger partial charge on any atom is -0.393 e. The molecule has 1 heterocycles. The highest BCUT2D eigenvalue weighted by Gasteiger charge is 2.25. The molecule has 3 nitrogen and oxygen atoms in total. The number of hydrogen-bond donors (Lipinski definition) is 1. The van der Waals surface area contributed by atoms with Gasteiger partial charge < -0.3 is 14.7 Å². The van der Waals surface area contributed by atoms with E-state index in [9.17, 15) is 5.11 Å². The van der Waals surface area contributed by atoms with E-state index in [1.54, 1.807) is 0 Å². The highest BCUT2D eigenvalue weighted by atomic mass is 16.5. The molecule has 0 saturated carbocycles. The largest absolute Gasteiger partial charge is 0.393 e. The fourth-order valence-electron chi connectivity index (χ4n) is 2.56. The second kappa shape index (κ2) is 7.51. The van der Waals surface area contributed by atoms with Gasteiger partial charge >= 0.3 is 0 Å². The van der Waals surface area contributed by atoms with Crippen molar-refractivity contribution in [2.24, 2.45) is 5.92 Å². The van der Waals surface area contributed by atoms with Crippen LogP contribution in [-0.2, 0) is 4.74 Å². The molecule has 2 atom stereocenters. The Bertz CT molecular complexity index is 355. The van der Waals surface area contributed by atoms with E-state index in [1.165, 1.54) is 18.5 Å². The second-order valence-electron chi connectivity index (χ2n) is 5.33. The molecule has 1 N–H and O–H groups in total. The number of ether oxygens (including phenoxy) is 1. The molecular formula is C16H25NO2. The molecule has 19 heavy (non-hydrogen) atoms. The predicted octanol–water partition coefficient (Wildman–Crippen LogP) is 2.69. The molecule has 1 aromatic carbocycles. The van der Waals surface area contributed by atoms with Crippen LogP contribution in [0.5, 0.6) is 0 Å². The van der Waals surface area contributed by atoms with E-state index in [-0.39, 0.29) is 12.0 Å². The number of hydrogen-bond acceptors (Lipinski definition) is 3. The number of unbranched alkanes of at least 4 members (excludes halogenated alkanes) is 1. The molecule has 1 saturated heterocycles. The summed E-state index contributed by atoms with van der Waals surface area (Å²) < 4.78 is 5.51. The third kappa shape index (κ3) is 4.22. The second-order valence-corrected chi connectivity index (χ2v) is 5.33. The Morgan fingerprint density at radius 2 is 2.11 bits per heavy atom. The Morgan fingerprint density at radius 3 is 2.79 bits per heavy atom. The maximum absolute atomic E-state index is 10.1. The fraction of sp³-hybridized carbons (Fsp3) is 0.625. The Balaban J connectivity index is 2.01. The SMILES string of the molecule is CCCCN(CC1COCCC1O)c1ccccc1. The first kappa shape index (κ1) is 14.4. The Hall–Kier alpha value is -1.06. The molecule has 1 aromatic rings. The van der Waals surface area contributed by atoms with E-state index in [0.29, 0.717) is 13.2 Å². The Labute approximate surface area is 116 Å². The third-order valence-electron chi connectivity index (χ3n) is 3.79. The lowest BCUT2D eigenvalue weighted by Gasteiger charge is -2.34. The molecule has 3 heteroatoms. The standard InChI is InChI=1S/C16H25NO2/c1-2-3-10-17(15-7-5-4-6-8-15)12-14-13-19-11-9-16(14)18/h4-8,14,16,18H,2-3,9-13H2,1H3. The minimum atomic E-state index is -0.221. The molecule has 2 unspecified atom stereocenters. The Kier molecular flexibility index (Phi) is 5.67. The van der Waals surface area contributed by atoms with E-state index in [0.717, 1.165) is 19.5 Å². The summed E-state index contributed by atoms with van der Waals surface area (Å²) in [5.41, 5.74) is 1.24. The number of rotatable bonds is 6. The predicted molar refractivity (Wildman–Crippen MR) is 78.5 cm³/mol. The molecule has 0 amide bonds. The molecule has 0 aromatic heterocycles. The van der Waals surface area contributed by atoms with Gasteiger partial charge in [-0.25, -0.2) is 0 Å². The highest BCUT2D eigenvalue weighted by molar-refractivity contribution is 5.46. The lowest BCUT2D eigenvalue weighted by atomic mass is 9.97. The van der Waals surface area contributed by atoms with Gasteiger partial charge in [-0.15, -0.1) is 0 Å². The Morgan fingerprint density at radius 1 is 1.32 bits per heavy atom.